The molecule has 7 heteroatoms. The molecule has 1 N–H and O–H groups in total. The van der Waals surface area contributed by atoms with E-state index in [4.69, 9.17) is 9.84 Å². The maximum atomic E-state index is 10.8. The van der Waals surface area contributed by atoms with Gasteiger partial charge in [-0.2, -0.15) is 0 Å². The molecule has 0 amide bonds. The van der Waals surface area contributed by atoms with Crippen molar-refractivity contribution >= 4 is 5.97 Å². The van der Waals surface area contributed by atoms with E-state index in [0.29, 0.717) is 19.0 Å². The molecule has 1 aromatic heterocycles. The lowest BCUT2D eigenvalue weighted by Crippen LogP contribution is -2.18. The highest BCUT2D eigenvalue weighted by Gasteiger charge is 2.19. The van der Waals surface area contributed by atoms with Gasteiger partial charge in [0.2, 0.25) is 0 Å². The van der Waals surface area contributed by atoms with Crippen molar-refractivity contribution in [3.8, 4) is 0 Å². The standard InChI is InChI=1S/C10H18N4O3/c1-3-5-8(6-10(15)16)14-9(7-17-4-2)11-12-13-14/h8H,3-7H2,1-2H3,(H,15,16). The van der Waals surface area contributed by atoms with Crippen molar-refractivity contribution in [3.05, 3.63) is 5.82 Å². The topological polar surface area (TPSA) is 90.1 Å². The van der Waals surface area contributed by atoms with Crippen LogP contribution >= 0.6 is 0 Å². The van der Waals surface area contributed by atoms with Crippen molar-refractivity contribution in [1.82, 2.24) is 20.2 Å². The van der Waals surface area contributed by atoms with Gasteiger partial charge in [0.1, 0.15) is 6.61 Å². The minimum Gasteiger partial charge on any atom is -0.481 e. The molecule has 1 aromatic rings. The van der Waals surface area contributed by atoms with E-state index in [9.17, 15) is 4.79 Å². The van der Waals surface area contributed by atoms with E-state index in [1.54, 1.807) is 4.68 Å². The van der Waals surface area contributed by atoms with Crippen LogP contribution in [-0.2, 0) is 16.1 Å². The fraction of sp³-hybridized carbons (Fsp3) is 0.800. The fourth-order valence-electron chi connectivity index (χ4n) is 1.63. The summed E-state index contributed by atoms with van der Waals surface area (Å²) in [6, 6.07) is -0.206. The zero-order valence-electron chi connectivity index (χ0n) is 10.2. The highest BCUT2D eigenvalue weighted by atomic mass is 16.5. The predicted molar refractivity (Wildman–Crippen MR) is 59.3 cm³/mol. The fourth-order valence-corrected chi connectivity index (χ4v) is 1.63. The molecule has 0 radical (unpaired) electrons. The van der Waals surface area contributed by atoms with Gasteiger partial charge in [-0.25, -0.2) is 4.68 Å². The summed E-state index contributed by atoms with van der Waals surface area (Å²) in [4.78, 5) is 10.8. The molecule has 0 aliphatic rings. The number of hydrogen-bond acceptors (Lipinski definition) is 5. The largest absolute Gasteiger partial charge is 0.481 e. The minimum absolute atomic E-state index is 0.0258. The number of carbonyl (C=O) groups is 1. The first kappa shape index (κ1) is 13.6. The first-order valence-electron chi connectivity index (χ1n) is 5.75. The lowest BCUT2D eigenvalue weighted by Gasteiger charge is -2.15. The van der Waals surface area contributed by atoms with Gasteiger partial charge in [-0.3, -0.25) is 4.79 Å². The highest BCUT2D eigenvalue weighted by Crippen LogP contribution is 2.18. The van der Waals surface area contributed by atoms with Crippen molar-refractivity contribution in [1.29, 1.82) is 0 Å². The van der Waals surface area contributed by atoms with E-state index < -0.39 is 5.97 Å². The molecule has 0 saturated carbocycles. The number of carboxylic acid groups (broad SMARTS) is 1. The molecular formula is C10H18N4O3. The van der Waals surface area contributed by atoms with Crippen LogP contribution in [0.4, 0.5) is 0 Å². The second kappa shape index (κ2) is 6.95. The van der Waals surface area contributed by atoms with E-state index in [1.807, 2.05) is 13.8 Å². The van der Waals surface area contributed by atoms with Crippen molar-refractivity contribution in [3.63, 3.8) is 0 Å². The van der Waals surface area contributed by atoms with Crippen LogP contribution in [-0.4, -0.2) is 37.9 Å². The Balaban J connectivity index is 2.77. The Morgan fingerprint density at radius 1 is 1.53 bits per heavy atom. The Bertz CT molecular complexity index is 353. The number of carboxylic acids is 1. The first-order chi connectivity index (χ1) is 8.19. The minimum atomic E-state index is -0.846. The molecule has 7 nitrogen and oxygen atoms in total. The lowest BCUT2D eigenvalue weighted by atomic mass is 10.1. The number of ether oxygens (including phenoxy) is 1. The molecule has 0 saturated heterocycles. The summed E-state index contributed by atoms with van der Waals surface area (Å²) in [6.07, 6.45) is 1.64. The Kier molecular flexibility index (Phi) is 5.55. The molecule has 1 unspecified atom stereocenters. The van der Waals surface area contributed by atoms with Gasteiger partial charge in [0.15, 0.2) is 5.82 Å². The van der Waals surface area contributed by atoms with Crippen LogP contribution < -0.4 is 0 Å². The maximum Gasteiger partial charge on any atom is 0.305 e. The zero-order chi connectivity index (χ0) is 12.7. The number of hydrogen-bond donors (Lipinski definition) is 1. The van der Waals surface area contributed by atoms with Crippen molar-refractivity contribution in [2.75, 3.05) is 6.61 Å². The molecule has 0 bridgehead atoms. The van der Waals surface area contributed by atoms with Gasteiger partial charge in [0, 0.05) is 6.61 Å². The van der Waals surface area contributed by atoms with Crippen LogP contribution in [0.2, 0.25) is 0 Å². The van der Waals surface area contributed by atoms with Crippen molar-refractivity contribution in [2.24, 2.45) is 0 Å². The second-order valence-electron chi connectivity index (χ2n) is 3.72. The highest BCUT2D eigenvalue weighted by molar-refractivity contribution is 5.67. The average Bonchev–Trinajstić information content (AvgIpc) is 2.73. The molecule has 0 aliphatic carbocycles. The Morgan fingerprint density at radius 3 is 2.88 bits per heavy atom. The van der Waals surface area contributed by atoms with Gasteiger partial charge >= 0.3 is 5.97 Å². The van der Waals surface area contributed by atoms with Gasteiger partial charge < -0.3 is 9.84 Å². The summed E-state index contributed by atoms with van der Waals surface area (Å²) in [7, 11) is 0. The number of nitrogens with zero attached hydrogens (tertiary/aromatic N) is 4. The van der Waals surface area contributed by atoms with Crippen LogP contribution in [0.3, 0.4) is 0 Å². The number of tetrazole rings is 1. The van der Waals surface area contributed by atoms with Crippen LogP contribution in [0.25, 0.3) is 0 Å². The third-order valence-electron chi connectivity index (χ3n) is 2.37. The summed E-state index contributed by atoms with van der Waals surface area (Å²) >= 11 is 0. The monoisotopic (exact) mass is 242 g/mol. The van der Waals surface area contributed by atoms with Gasteiger partial charge in [-0.15, -0.1) is 5.10 Å². The van der Waals surface area contributed by atoms with Gasteiger partial charge in [-0.05, 0) is 23.8 Å². The molecule has 1 rings (SSSR count). The van der Waals surface area contributed by atoms with E-state index >= 15 is 0 Å². The van der Waals surface area contributed by atoms with E-state index in [0.717, 1.165) is 12.8 Å². The SMILES string of the molecule is CCCC(CC(=O)O)n1nnnc1COCC. The molecular weight excluding hydrogens is 224 g/mol. The van der Waals surface area contributed by atoms with Gasteiger partial charge in [0.05, 0.1) is 12.5 Å². The summed E-state index contributed by atoms with van der Waals surface area (Å²) in [5.74, 6) is -0.271. The van der Waals surface area contributed by atoms with E-state index in [2.05, 4.69) is 15.5 Å². The van der Waals surface area contributed by atoms with E-state index in [-0.39, 0.29) is 12.5 Å². The van der Waals surface area contributed by atoms with Crippen LogP contribution in [0.5, 0.6) is 0 Å². The van der Waals surface area contributed by atoms with Gasteiger partial charge in [0.25, 0.3) is 0 Å². The van der Waals surface area contributed by atoms with Crippen LogP contribution in [0.1, 0.15) is 45.0 Å². The quantitative estimate of drug-likeness (QED) is 0.732. The van der Waals surface area contributed by atoms with Crippen molar-refractivity contribution < 1.29 is 14.6 Å². The molecule has 0 spiro atoms. The Hall–Kier alpha value is -1.50. The van der Waals surface area contributed by atoms with Crippen LogP contribution in [0.15, 0.2) is 0 Å². The molecule has 17 heavy (non-hydrogen) atoms. The maximum absolute atomic E-state index is 10.8. The molecule has 0 aromatic carbocycles. The normalized spacial score (nSPS) is 12.6. The Morgan fingerprint density at radius 2 is 2.29 bits per heavy atom. The Labute approximate surface area is 99.8 Å². The molecule has 1 atom stereocenters. The number of aromatic nitrogens is 4. The molecule has 0 fully saturated rings. The summed E-state index contributed by atoms with van der Waals surface area (Å²) in [5.41, 5.74) is 0. The van der Waals surface area contributed by atoms with Crippen molar-refractivity contribution in [2.45, 2.75) is 45.8 Å². The average molecular weight is 242 g/mol. The third kappa shape index (κ3) is 4.10. The molecule has 96 valence electrons. The third-order valence-corrected chi connectivity index (χ3v) is 2.37. The predicted octanol–water partition coefficient (Wildman–Crippen LogP) is 1.03. The van der Waals surface area contributed by atoms with Gasteiger partial charge in [-0.1, -0.05) is 13.3 Å². The number of aliphatic carboxylic acids is 1. The lowest BCUT2D eigenvalue weighted by molar-refractivity contribution is -0.138. The molecule has 0 aliphatic heterocycles. The second-order valence-corrected chi connectivity index (χ2v) is 3.72. The summed E-state index contributed by atoms with van der Waals surface area (Å²) < 4.78 is 6.80. The first-order valence-corrected chi connectivity index (χ1v) is 5.75. The molecule has 1 heterocycles. The number of rotatable bonds is 8. The zero-order valence-corrected chi connectivity index (χ0v) is 10.2. The van der Waals surface area contributed by atoms with Crippen LogP contribution in [0, 0.1) is 0 Å². The summed E-state index contributed by atoms with van der Waals surface area (Å²) in [6.45, 7) is 4.77. The smallest absolute Gasteiger partial charge is 0.305 e. The van der Waals surface area contributed by atoms with E-state index in [1.165, 1.54) is 0 Å². The summed E-state index contributed by atoms with van der Waals surface area (Å²) in [5, 5.41) is 20.1.